The van der Waals surface area contributed by atoms with Gasteiger partial charge in [-0.2, -0.15) is 0 Å². The molecule has 7 heteroatoms. The van der Waals surface area contributed by atoms with Crippen LogP contribution in [0.25, 0.3) is 0 Å². The first kappa shape index (κ1) is 19.6. The average molecular weight is 387 g/mol. The summed E-state index contributed by atoms with van der Waals surface area (Å²) in [6.07, 6.45) is 8.10. The lowest BCUT2D eigenvalue weighted by Gasteiger charge is -2.33. The Bertz CT molecular complexity index is 731. The largest absolute Gasteiger partial charge is 0.356 e. The molecule has 0 unspecified atom stereocenters. The number of hydrogen-bond donors (Lipinski definition) is 2. The van der Waals surface area contributed by atoms with E-state index in [4.69, 9.17) is 0 Å². The Balaban J connectivity index is 1.40. The van der Waals surface area contributed by atoms with E-state index in [1.807, 2.05) is 19.4 Å². The number of thiazole rings is 1. The maximum atomic E-state index is 4.55. The lowest BCUT2D eigenvalue weighted by atomic mass is 10.1. The Morgan fingerprint density at radius 1 is 1.26 bits per heavy atom. The molecule has 1 aliphatic heterocycles. The number of aryl methyl sites for hydroxylation is 2. The van der Waals surface area contributed by atoms with Crippen LogP contribution in [-0.2, 0) is 12.8 Å². The van der Waals surface area contributed by atoms with E-state index < -0.39 is 0 Å². The molecule has 2 N–H and O–H groups in total. The third kappa shape index (κ3) is 5.66. The minimum absolute atomic E-state index is 0.449. The molecule has 146 valence electrons. The van der Waals surface area contributed by atoms with E-state index in [-0.39, 0.29) is 0 Å². The van der Waals surface area contributed by atoms with Crippen molar-refractivity contribution >= 4 is 23.1 Å². The third-order valence-electron chi connectivity index (χ3n) is 4.86. The van der Waals surface area contributed by atoms with Crippen molar-refractivity contribution in [2.75, 3.05) is 31.6 Å². The molecule has 0 aliphatic carbocycles. The second kappa shape index (κ2) is 9.69. The Morgan fingerprint density at radius 2 is 2.07 bits per heavy atom. The number of anilines is 1. The molecule has 1 fully saturated rings. The van der Waals surface area contributed by atoms with Gasteiger partial charge in [-0.15, -0.1) is 11.3 Å². The number of aliphatic imine (C=N–C) groups is 1. The van der Waals surface area contributed by atoms with Crippen LogP contribution in [-0.4, -0.2) is 48.7 Å². The summed E-state index contributed by atoms with van der Waals surface area (Å²) < 4.78 is 0. The molecular weight excluding hydrogens is 356 g/mol. The number of pyridine rings is 1. The molecule has 0 spiro atoms. The topological polar surface area (TPSA) is 65.4 Å². The van der Waals surface area contributed by atoms with Gasteiger partial charge in [0, 0.05) is 56.4 Å². The molecule has 6 nitrogen and oxygen atoms in total. The van der Waals surface area contributed by atoms with E-state index >= 15 is 0 Å². The molecule has 0 aromatic carbocycles. The fraction of sp³-hybridized carbons (Fsp3) is 0.550. The average Bonchev–Trinajstić information content (AvgIpc) is 3.16. The smallest absolute Gasteiger partial charge is 0.191 e. The number of nitrogens with one attached hydrogen (secondary N) is 2. The van der Waals surface area contributed by atoms with Crippen LogP contribution in [0, 0.1) is 6.92 Å². The first-order valence-electron chi connectivity index (χ1n) is 9.76. The highest BCUT2D eigenvalue weighted by Crippen LogP contribution is 2.18. The van der Waals surface area contributed by atoms with Crippen molar-refractivity contribution < 1.29 is 0 Å². The molecule has 3 heterocycles. The van der Waals surface area contributed by atoms with Gasteiger partial charge in [0.1, 0.15) is 5.82 Å². The number of guanidine groups is 1. The molecule has 0 amide bonds. The van der Waals surface area contributed by atoms with Crippen molar-refractivity contribution in [3.63, 3.8) is 0 Å². The standard InChI is InChI=1S/C20H30N6S/c1-4-17-14-24-19(27-17)7-10-22-20(21-3)25-16-8-11-26(12-9-16)18-6-5-15(2)13-23-18/h5-6,13-14,16H,4,7-12H2,1-3H3,(H2,21,22,25). The van der Waals surface area contributed by atoms with Gasteiger partial charge in [0.05, 0.1) is 5.01 Å². The fourth-order valence-corrected chi connectivity index (χ4v) is 4.06. The number of aromatic nitrogens is 2. The van der Waals surface area contributed by atoms with E-state index in [9.17, 15) is 0 Å². The van der Waals surface area contributed by atoms with Gasteiger partial charge in [-0.1, -0.05) is 13.0 Å². The Labute approximate surface area is 166 Å². The zero-order valence-corrected chi connectivity index (χ0v) is 17.4. The predicted molar refractivity (Wildman–Crippen MR) is 114 cm³/mol. The zero-order valence-electron chi connectivity index (χ0n) is 16.5. The molecular formula is C20H30N6S. The summed E-state index contributed by atoms with van der Waals surface area (Å²) in [5.74, 6) is 1.96. The van der Waals surface area contributed by atoms with Gasteiger partial charge in [0.15, 0.2) is 5.96 Å². The number of rotatable bonds is 6. The molecule has 0 atom stereocenters. The third-order valence-corrected chi connectivity index (χ3v) is 6.06. The number of piperidine rings is 1. The molecule has 27 heavy (non-hydrogen) atoms. The van der Waals surface area contributed by atoms with Crippen molar-refractivity contribution in [2.24, 2.45) is 4.99 Å². The summed E-state index contributed by atoms with van der Waals surface area (Å²) in [6.45, 7) is 7.13. The van der Waals surface area contributed by atoms with Crippen LogP contribution in [0.4, 0.5) is 5.82 Å². The van der Waals surface area contributed by atoms with E-state index in [1.165, 1.54) is 15.4 Å². The summed E-state index contributed by atoms with van der Waals surface area (Å²) in [5, 5.41) is 8.17. The first-order valence-corrected chi connectivity index (χ1v) is 10.6. The Hall–Kier alpha value is -2.15. The maximum Gasteiger partial charge on any atom is 0.191 e. The molecule has 2 aromatic heterocycles. The van der Waals surface area contributed by atoms with Gasteiger partial charge in [0.2, 0.25) is 0 Å². The second-order valence-corrected chi connectivity index (χ2v) is 8.12. The fourth-order valence-electron chi connectivity index (χ4n) is 3.20. The molecule has 1 saturated heterocycles. The van der Waals surface area contributed by atoms with Crippen molar-refractivity contribution in [1.29, 1.82) is 0 Å². The second-order valence-electron chi connectivity index (χ2n) is 6.92. The SMILES string of the molecule is CCc1cnc(CCNC(=NC)NC2CCN(c3ccc(C)cn3)CC2)s1. The van der Waals surface area contributed by atoms with Gasteiger partial charge in [-0.05, 0) is 37.8 Å². The van der Waals surface area contributed by atoms with E-state index in [1.54, 1.807) is 11.3 Å². The van der Waals surface area contributed by atoms with Crippen LogP contribution >= 0.6 is 11.3 Å². The Morgan fingerprint density at radius 3 is 2.70 bits per heavy atom. The van der Waals surface area contributed by atoms with E-state index in [0.717, 1.165) is 57.1 Å². The van der Waals surface area contributed by atoms with Crippen LogP contribution in [0.15, 0.2) is 29.5 Å². The predicted octanol–water partition coefficient (Wildman–Crippen LogP) is 2.79. The van der Waals surface area contributed by atoms with Gasteiger partial charge >= 0.3 is 0 Å². The zero-order chi connectivity index (χ0) is 19.1. The lowest BCUT2D eigenvalue weighted by molar-refractivity contribution is 0.459. The Kier molecular flexibility index (Phi) is 7.04. The molecule has 3 rings (SSSR count). The van der Waals surface area contributed by atoms with Crippen molar-refractivity contribution in [3.8, 4) is 0 Å². The monoisotopic (exact) mass is 386 g/mol. The summed E-state index contributed by atoms with van der Waals surface area (Å²) in [5.41, 5.74) is 1.20. The molecule has 0 saturated carbocycles. The maximum absolute atomic E-state index is 4.55. The first-order chi connectivity index (χ1) is 13.2. The summed E-state index contributed by atoms with van der Waals surface area (Å²) in [4.78, 5) is 17.1. The van der Waals surface area contributed by atoms with E-state index in [2.05, 4.69) is 56.5 Å². The highest BCUT2D eigenvalue weighted by atomic mass is 32.1. The molecule has 2 aromatic rings. The van der Waals surface area contributed by atoms with Crippen LogP contribution in [0.1, 0.15) is 35.2 Å². The van der Waals surface area contributed by atoms with Gasteiger partial charge in [0.25, 0.3) is 0 Å². The quantitative estimate of drug-likeness (QED) is 0.590. The van der Waals surface area contributed by atoms with Gasteiger partial charge in [-0.3, -0.25) is 4.99 Å². The van der Waals surface area contributed by atoms with Crippen LogP contribution in [0.2, 0.25) is 0 Å². The highest BCUT2D eigenvalue weighted by molar-refractivity contribution is 7.11. The van der Waals surface area contributed by atoms with E-state index in [0.29, 0.717) is 6.04 Å². The van der Waals surface area contributed by atoms with Crippen LogP contribution in [0.3, 0.4) is 0 Å². The van der Waals surface area contributed by atoms with Gasteiger partial charge in [-0.25, -0.2) is 9.97 Å². The summed E-state index contributed by atoms with van der Waals surface area (Å²) in [6, 6.07) is 4.70. The minimum atomic E-state index is 0.449. The normalized spacial score (nSPS) is 15.8. The van der Waals surface area contributed by atoms with Crippen LogP contribution in [0.5, 0.6) is 0 Å². The summed E-state index contributed by atoms with van der Waals surface area (Å²) >= 11 is 1.80. The highest BCUT2D eigenvalue weighted by Gasteiger charge is 2.20. The summed E-state index contributed by atoms with van der Waals surface area (Å²) in [7, 11) is 1.83. The molecule has 0 bridgehead atoms. The van der Waals surface area contributed by atoms with Crippen LogP contribution < -0.4 is 15.5 Å². The van der Waals surface area contributed by atoms with Crippen molar-refractivity contribution in [1.82, 2.24) is 20.6 Å². The van der Waals surface area contributed by atoms with Crippen molar-refractivity contribution in [3.05, 3.63) is 40.0 Å². The number of hydrogen-bond acceptors (Lipinski definition) is 5. The lowest BCUT2D eigenvalue weighted by Crippen LogP contribution is -2.49. The van der Waals surface area contributed by atoms with Gasteiger partial charge < -0.3 is 15.5 Å². The number of nitrogens with zero attached hydrogens (tertiary/aromatic N) is 4. The molecule has 0 radical (unpaired) electrons. The minimum Gasteiger partial charge on any atom is -0.356 e. The molecule has 1 aliphatic rings. The van der Waals surface area contributed by atoms with Crippen molar-refractivity contribution in [2.45, 2.75) is 45.6 Å².